The van der Waals surface area contributed by atoms with Gasteiger partial charge in [0.15, 0.2) is 0 Å². The zero-order chi connectivity index (χ0) is 12.5. The van der Waals surface area contributed by atoms with Crippen LogP contribution >= 0.6 is 0 Å². The van der Waals surface area contributed by atoms with Crippen molar-refractivity contribution >= 4 is 0 Å². The summed E-state index contributed by atoms with van der Waals surface area (Å²) in [5, 5.41) is 0. The Labute approximate surface area is 108 Å². The second-order valence-corrected chi connectivity index (χ2v) is 3.94. The van der Waals surface area contributed by atoms with E-state index < -0.39 is 0 Å². The number of rotatable bonds is 7. The Hall–Kier alpha value is -1.96. The molecular weight excluding hydrogens is 224 g/mol. The Morgan fingerprint density at radius 3 is 2.22 bits per heavy atom. The summed E-state index contributed by atoms with van der Waals surface area (Å²) in [6.45, 7) is 1.44. The molecule has 2 aromatic carbocycles. The van der Waals surface area contributed by atoms with Crippen molar-refractivity contribution in [1.82, 2.24) is 0 Å². The van der Waals surface area contributed by atoms with Gasteiger partial charge in [0.1, 0.15) is 11.5 Å². The number of para-hydroxylation sites is 2. The van der Waals surface area contributed by atoms with Gasteiger partial charge in [0.25, 0.3) is 0 Å². The molecule has 0 heterocycles. The van der Waals surface area contributed by atoms with Gasteiger partial charge < -0.3 is 9.47 Å². The van der Waals surface area contributed by atoms with E-state index in [1.807, 2.05) is 54.6 Å². The molecule has 2 rings (SSSR count). The Kier molecular flexibility index (Phi) is 5.12. The number of hydrogen-bond donors (Lipinski definition) is 0. The summed E-state index contributed by atoms with van der Waals surface area (Å²) in [6.07, 6.45) is 1.97. The maximum absolute atomic E-state index is 5.59. The second-order valence-electron chi connectivity index (χ2n) is 3.94. The minimum absolute atomic E-state index is 0.707. The van der Waals surface area contributed by atoms with Gasteiger partial charge in [-0.1, -0.05) is 36.4 Å². The predicted molar refractivity (Wildman–Crippen MR) is 71.9 cm³/mol. The molecule has 2 heteroatoms. The molecule has 0 aliphatic carbocycles. The van der Waals surface area contributed by atoms with E-state index in [0.29, 0.717) is 6.61 Å². The van der Waals surface area contributed by atoms with Crippen molar-refractivity contribution in [2.24, 2.45) is 0 Å². The van der Waals surface area contributed by atoms with E-state index in [0.717, 1.165) is 30.9 Å². The Balaban J connectivity index is 1.54. The standard InChI is InChI=1S/C16H17O2/c1-3-9-15(10-4-1)17-13-7-8-14-18-16-11-5-2-6-12-16/h1-6,9-11H,7-8,13-14H2. The fourth-order valence-corrected chi connectivity index (χ4v) is 1.56. The molecule has 0 spiro atoms. The molecule has 0 saturated heterocycles. The quantitative estimate of drug-likeness (QED) is 0.688. The number of unbranched alkanes of at least 4 members (excludes halogenated alkanes) is 1. The largest absolute Gasteiger partial charge is 0.494 e. The van der Waals surface area contributed by atoms with Gasteiger partial charge in [-0.3, -0.25) is 0 Å². The van der Waals surface area contributed by atoms with E-state index in [9.17, 15) is 0 Å². The molecule has 18 heavy (non-hydrogen) atoms. The van der Waals surface area contributed by atoms with Crippen LogP contribution in [0.2, 0.25) is 0 Å². The minimum atomic E-state index is 0.707. The van der Waals surface area contributed by atoms with Gasteiger partial charge in [0, 0.05) is 6.07 Å². The average molecular weight is 241 g/mol. The molecule has 1 radical (unpaired) electrons. The lowest BCUT2D eigenvalue weighted by molar-refractivity contribution is 0.266. The molecule has 0 N–H and O–H groups in total. The molecule has 0 atom stereocenters. The highest BCUT2D eigenvalue weighted by molar-refractivity contribution is 5.21. The number of hydrogen-bond acceptors (Lipinski definition) is 2. The first-order valence-corrected chi connectivity index (χ1v) is 6.22. The Morgan fingerprint density at radius 2 is 1.50 bits per heavy atom. The molecule has 0 aliphatic rings. The summed E-state index contributed by atoms with van der Waals surface area (Å²) in [5.74, 6) is 1.73. The summed E-state index contributed by atoms with van der Waals surface area (Å²) in [7, 11) is 0. The van der Waals surface area contributed by atoms with E-state index in [2.05, 4.69) is 6.07 Å². The lowest BCUT2D eigenvalue weighted by Crippen LogP contribution is -2.02. The van der Waals surface area contributed by atoms with E-state index in [4.69, 9.17) is 9.47 Å². The van der Waals surface area contributed by atoms with Crippen molar-refractivity contribution < 1.29 is 9.47 Å². The molecule has 0 aliphatic heterocycles. The van der Waals surface area contributed by atoms with E-state index in [1.54, 1.807) is 0 Å². The Bertz CT molecular complexity index is 382. The zero-order valence-corrected chi connectivity index (χ0v) is 10.3. The number of benzene rings is 2. The van der Waals surface area contributed by atoms with Crippen LogP contribution in [0, 0.1) is 6.07 Å². The fourth-order valence-electron chi connectivity index (χ4n) is 1.56. The van der Waals surface area contributed by atoms with Crippen LogP contribution in [0.15, 0.2) is 54.6 Å². The lowest BCUT2D eigenvalue weighted by atomic mass is 10.3. The molecule has 0 amide bonds. The molecule has 0 unspecified atom stereocenters. The SMILES string of the molecule is [c]1ccccc1OCCCCOc1ccccc1. The van der Waals surface area contributed by atoms with Crippen LogP contribution in [0.25, 0.3) is 0 Å². The minimum Gasteiger partial charge on any atom is -0.494 e. The highest BCUT2D eigenvalue weighted by Crippen LogP contribution is 2.10. The van der Waals surface area contributed by atoms with Gasteiger partial charge >= 0.3 is 0 Å². The normalized spacial score (nSPS) is 10.0. The van der Waals surface area contributed by atoms with Crippen LogP contribution in [0.5, 0.6) is 11.5 Å². The van der Waals surface area contributed by atoms with Crippen molar-refractivity contribution in [1.29, 1.82) is 0 Å². The lowest BCUT2D eigenvalue weighted by Gasteiger charge is -2.07. The predicted octanol–water partition coefficient (Wildman–Crippen LogP) is 3.72. The first kappa shape index (κ1) is 12.5. The van der Waals surface area contributed by atoms with E-state index >= 15 is 0 Å². The van der Waals surface area contributed by atoms with Crippen molar-refractivity contribution in [3.05, 3.63) is 60.7 Å². The smallest absolute Gasteiger partial charge is 0.127 e. The topological polar surface area (TPSA) is 18.5 Å². The van der Waals surface area contributed by atoms with Crippen LogP contribution in [0.3, 0.4) is 0 Å². The molecule has 0 saturated carbocycles. The molecule has 0 fully saturated rings. The Morgan fingerprint density at radius 1 is 0.778 bits per heavy atom. The zero-order valence-electron chi connectivity index (χ0n) is 10.3. The highest BCUT2D eigenvalue weighted by Gasteiger charge is 1.94. The van der Waals surface area contributed by atoms with E-state index in [-0.39, 0.29) is 0 Å². The van der Waals surface area contributed by atoms with Gasteiger partial charge in [-0.25, -0.2) is 0 Å². The van der Waals surface area contributed by atoms with Crippen LogP contribution in [0.4, 0.5) is 0 Å². The van der Waals surface area contributed by atoms with Crippen LogP contribution in [-0.4, -0.2) is 13.2 Å². The number of ether oxygens (including phenoxy) is 2. The van der Waals surface area contributed by atoms with Crippen LogP contribution in [0.1, 0.15) is 12.8 Å². The maximum atomic E-state index is 5.59. The summed E-state index contributed by atoms with van der Waals surface area (Å²) < 4.78 is 11.1. The maximum Gasteiger partial charge on any atom is 0.127 e. The second kappa shape index (κ2) is 7.38. The molecule has 0 bridgehead atoms. The van der Waals surface area contributed by atoms with Crippen molar-refractivity contribution in [3.63, 3.8) is 0 Å². The first-order chi connectivity index (χ1) is 8.95. The van der Waals surface area contributed by atoms with Crippen LogP contribution in [-0.2, 0) is 0 Å². The fraction of sp³-hybridized carbons (Fsp3) is 0.250. The van der Waals surface area contributed by atoms with Gasteiger partial charge in [0.2, 0.25) is 0 Å². The van der Waals surface area contributed by atoms with Crippen molar-refractivity contribution in [2.45, 2.75) is 12.8 Å². The third-order valence-corrected chi connectivity index (χ3v) is 2.49. The van der Waals surface area contributed by atoms with Gasteiger partial charge in [-0.2, -0.15) is 0 Å². The summed E-state index contributed by atoms with van der Waals surface area (Å²) >= 11 is 0. The summed E-state index contributed by atoms with van der Waals surface area (Å²) in [5.41, 5.74) is 0. The molecule has 2 aromatic rings. The summed E-state index contributed by atoms with van der Waals surface area (Å²) in [6, 6.07) is 20.6. The van der Waals surface area contributed by atoms with Crippen molar-refractivity contribution in [2.75, 3.05) is 13.2 Å². The van der Waals surface area contributed by atoms with Gasteiger partial charge in [-0.05, 0) is 31.0 Å². The van der Waals surface area contributed by atoms with E-state index in [1.165, 1.54) is 0 Å². The monoisotopic (exact) mass is 241 g/mol. The van der Waals surface area contributed by atoms with Crippen LogP contribution < -0.4 is 9.47 Å². The van der Waals surface area contributed by atoms with Crippen molar-refractivity contribution in [3.8, 4) is 11.5 Å². The summed E-state index contributed by atoms with van der Waals surface area (Å²) in [4.78, 5) is 0. The molecular formula is C16H17O2. The average Bonchev–Trinajstić information content (AvgIpc) is 2.45. The molecule has 2 nitrogen and oxygen atoms in total. The first-order valence-electron chi connectivity index (χ1n) is 6.22. The van der Waals surface area contributed by atoms with Gasteiger partial charge in [0.05, 0.1) is 13.2 Å². The highest BCUT2D eigenvalue weighted by atomic mass is 16.5. The molecule has 0 aromatic heterocycles. The third kappa shape index (κ3) is 4.50. The third-order valence-electron chi connectivity index (χ3n) is 2.49. The molecule has 93 valence electrons. The van der Waals surface area contributed by atoms with Gasteiger partial charge in [-0.15, -0.1) is 0 Å².